The number of aryl methyl sites for hydroxylation is 1. The minimum absolute atomic E-state index is 0.0619. The number of pyridine rings is 1. The summed E-state index contributed by atoms with van der Waals surface area (Å²) >= 11 is 0. The molecule has 2 rings (SSSR count). The van der Waals surface area contributed by atoms with Gasteiger partial charge in [0.25, 0.3) is 0 Å². The third-order valence-electron chi connectivity index (χ3n) is 2.59. The molecule has 5 nitrogen and oxygen atoms in total. The highest BCUT2D eigenvalue weighted by molar-refractivity contribution is 5.90. The van der Waals surface area contributed by atoms with E-state index in [4.69, 9.17) is 5.11 Å². The van der Waals surface area contributed by atoms with E-state index in [1.165, 1.54) is 6.07 Å². The van der Waals surface area contributed by atoms with Crippen LogP contribution in [0.4, 0.5) is 0 Å². The Bertz CT molecular complexity index is 572. The maximum absolute atomic E-state index is 11.0. The van der Waals surface area contributed by atoms with Gasteiger partial charge in [0.15, 0.2) is 5.69 Å². The summed E-state index contributed by atoms with van der Waals surface area (Å²) in [6.07, 6.45) is 2.43. The Hall–Kier alpha value is -1.91. The van der Waals surface area contributed by atoms with Gasteiger partial charge in [0.2, 0.25) is 0 Å². The lowest BCUT2D eigenvalue weighted by Gasteiger charge is -2.08. The summed E-state index contributed by atoms with van der Waals surface area (Å²) in [5.74, 6) is -0.591. The maximum atomic E-state index is 11.0. The molecule has 0 radical (unpaired) electrons. The predicted octanol–water partition coefficient (Wildman–Crippen LogP) is 1.86. The van der Waals surface area contributed by atoms with E-state index in [1.54, 1.807) is 6.33 Å². The topological polar surface area (TPSA) is 68.0 Å². The van der Waals surface area contributed by atoms with Crippen LogP contribution < -0.4 is 0 Å². The van der Waals surface area contributed by atoms with Gasteiger partial charge in [0, 0.05) is 7.05 Å². The van der Waals surface area contributed by atoms with E-state index in [0.29, 0.717) is 11.4 Å². The van der Waals surface area contributed by atoms with E-state index in [1.807, 2.05) is 11.6 Å². The standard InChI is InChI=1S/C12H15N3O2/c1-7(2)4-9-11-8(13-6-15(11)3)5-10(14-9)12(16)17/h5-7H,4H2,1-3H3,(H,16,17). The largest absolute Gasteiger partial charge is 0.477 e. The van der Waals surface area contributed by atoms with Gasteiger partial charge in [0.05, 0.1) is 23.1 Å². The number of carboxylic acid groups (broad SMARTS) is 1. The number of nitrogens with zero attached hydrogens (tertiary/aromatic N) is 3. The first-order valence-corrected chi connectivity index (χ1v) is 5.53. The molecule has 0 atom stereocenters. The summed E-state index contributed by atoms with van der Waals surface area (Å²) in [6, 6.07) is 1.52. The van der Waals surface area contributed by atoms with Crippen LogP contribution in [0.3, 0.4) is 0 Å². The molecule has 0 aromatic carbocycles. The number of rotatable bonds is 3. The Morgan fingerprint density at radius 2 is 2.24 bits per heavy atom. The van der Waals surface area contributed by atoms with E-state index in [-0.39, 0.29) is 5.69 Å². The Labute approximate surface area is 99.1 Å². The summed E-state index contributed by atoms with van der Waals surface area (Å²) in [7, 11) is 1.89. The highest BCUT2D eigenvalue weighted by Gasteiger charge is 2.14. The van der Waals surface area contributed by atoms with Crippen molar-refractivity contribution in [2.45, 2.75) is 20.3 Å². The molecule has 2 aromatic rings. The molecular formula is C12H15N3O2. The van der Waals surface area contributed by atoms with E-state index in [2.05, 4.69) is 23.8 Å². The highest BCUT2D eigenvalue weighted by atomic mass is 16.4. The van der Waals surface area contributed by atoms with Crippen LogP contribution in [-0.4, -0.2) is 25.6 Å². The number of aromatic carboxylic acids is 1. The molecule has 0 aliphatic rings. The average molecular weight is 233 g/mol. The second kappa shape index (κ2) is 4.16. The minimum Gasteiger partial charge on any atom is -0.477 e. The van der Waals surface area contributed by atoms with Crippen molar-refractivity contribution >= 4 is 17.0 Å². The summed E-state index contributed by atoms with van der Waals surface area (Å²) in [6.45, 7) is 4.16. The van der Waals surface area contributed by atoms with E-state index in [0.717, 1.165) is 17.6 Å². The van der Waals surface area contributed by atoms with Crippen molar-refractivity contribution in [1.29, 1.82) is 0 Å². The molecule has 2 heterocycles. The van der Waals surface area contributed by atoms with Crippen LogP contribution in [0.25, 0.3) is 11.0 Å². The Morgan fingerprint density at radius 1 is 1.53 bits per heavy atom. The van der Waals surface area contributed by atoms with Gasteiger partial charge in [-0.05, 0) is 18.4 Å². The smallest absolute Gasteiger partial charge is 0.354 e. The van der Waals surface area contributed by atoms with Gasteiger partial charge in [-0.15, -0.1) is 0 Å². The zero-order valence-corrected chi connectivity index (χ0v) is 10.1. The van der Waals surface area contributed by atoms with Crippen molar-refractivity contribution in [1.82, 2.24) is 14.5 Å². The molecular weight excluding hydrogens is 218 g/mol. The fourth-order valence-electron chi connectivity index (χ4n) is 1.90. The average Bonchev–Trinajstić information content (AvgIpc) is 2.59. The molecule has 0 saturated heterocycles. The molecule has 5 heteroatoms. The normalized spacial score (nSPS) is 11.3. The first-order valence-electron chi connectivity index (χ1n) is 5.53. The first kappa shape index (κ1) is 11.6. The van der Waals surface area contributed by atoms with Crippen LogP contribution in [-0.2, 0) is 13.5 Å². The van der Waals surface area contributed by atoms with Crippen LogP contribution in [0.2, 0.25) is 0 Å². The van der Waals surface area contributed by atoms with Crippen LogP contribution in [0, 0.1) is 5.92 Å². The van der Waals surface area contributed by atoms with Gasteiger partial charge < -0.3 is 9.67 Å². The van der Waals surface area contributed by atoms with Crippen molar-refractivity contribution in [3.63, 3.8) is 0 Å². The lowest BCUT2D eigenvalue weighted by molar-refractivity contribution is 0.0690. The lowest BCUT2D eigenvalue weighted by Crippen LogP contribution is -2.07. The number of hydrogen-bond acceptors (Lipinski definition) is 3. The Morgan fingerprint density at radius 3 is 2.82 bits per heavy atom. The molecule has 90 valence electrons. The fraction of sp³-hybridized carbons (Fsp3) is 0.417. The molecule has 1 N–H and O–H groups in total. The lowest BCUT2D eigenvalue weighted by atomic mass is 10.1. The molecule has 0 spiro atoms. The molecule has 17 heavy (non-hydrogen) atoms. The molecule has 0 amide bonds. The number of fused-ring (bicyclic) bond motifs is 1. The minimum atomic E-state index is -1.01. The number of aromatic nitrogens is 3. The van der Waals surface area contributed by atoms with Crippen LogP contribution in [0.5, 0.6) is 0 Å². The van der Waals surface area contributed by atoms with Crippen molar-refractivity contribution in [3.8, 4) is 0 Å². The maximum Gasteiger partial charge on any atom is 0.354 e. The van der Waals surface area contributed by atoms with Crippen molar-refractivity contribution < 1.29 is 9.90 Å². The van der Waals surface area contributed by atoms with Gasteiger partial charge in [0.1, 0.15) is 0 Å². The second-order valence-electron chi connectivity index (χ2n) is 4.58. The van der Waals surface area contributed by atoms with E-state index < -0.39 is 5.97 Å². The van der Waals surface area contributed by atoms with Gasteiger partial charge in [-0.3, -0.25) is 0 Å². The fourth-order valence-corrected chi connectivity index (χ4v) is 1.90. The van der Waals surface area contributed by atoms with Gasteiger partial charge in [-0.1, -0.05) is 13.8 Å². The number of hydrogen-bond donors (Lipinski definition) is 1. The Kier molecular flexibility index (Phi) is 2.83. The van der Waals surface area contributed by atoms with E-state index >= 15 is 0 Å². The summed E-state index contributed by atoms with van der Waals surface area (Å²) in [5, 5.41) is 9.01. The molecule has 0 aliphatic heterocycles. The summed E-state index contributed by atoms with van der Waals surface area (Å²) in [4.78, 5) is 19.4. The van der Waals surface area contributed by atoms with E-state index in [9.17, 15) is 4.79 Å². The van der Waals surface area contributed by atoms with Crippen molar-refractivity contribution in [2.75, 3.05) is 0 Å². The highest BCUT2D eigenvalue weighted by Crippen LogP contribution is 2.19. The SMILES string of the molecule is CC(C)Cc1nc(C(=O)O)cc2ncn(C)c12. The van der Waals surface area contributed by atoms with Crippen LogP contribution in [0.1, 0.15) is 30.0 Å². The van der Waals surface area contributed by atoms with Crippen molar-refractivity contribution in [2.24, 2.45) is 13.0 Å². The third kappa shape index (κ3) is 2.13. The zero-order valence-electron chi connectivity index (χ0n) is 10.1. The third-order valence-corrected chi connectivity index (χ3v) is 2.59. The monoisotopic (exact) mass is 233 g/mol. The predicted molar refractivity (Wildman–Crippen MR) is 64.0 cm³/mol. The summed E-state index contributed by atoms with van der Waals surface area (Å²) in [5.41, 5.74) is 2.47. The molecule has 0 bridgehead atoms. The Balaban J connectivity index is 2.66. The van der Waals surface area contributed by atoms with Gasteiger partial charge in [-0.2, -0.15) is 0 Å². The van der Waals surface area contributed by atoms with Gasteiger partial charge in [-0.25, -0.2) is 14.8 Å². The van der Waals surface area contributed by atoms with Crippen LogP contribution >= 0.6 is 0 Å². The molecule has 2 aromatic heterocycles. The first-order chi connectivity index (χ1) is 7.99. The molecule has 0 saturated carbocycles. The second-order valence-corrected chi connectivity index (χ2v) is 4.58. The zero-order chi connectivity index (χ0) is 12.6. The molecule has 0 aliphatic carbocycles. The number of imidazole rings is 1. The quantitative estimate of drug-likeness (QED) is 0.878. The summed E-state index contributed by atoms with van der Waals surface area (Å²) < 4.78 is 1.88. The van der Waals surface area contributed by atoms with Crippen molar-refractivity contribution in [3.05, 3.63) is 23.8 Å². The molecule has 0 unspecified atom stereocenters. The number of carbonyl (C=O) groups is 1. The van der Waals surface area contributed by atoms with Crippen LogP contribution in [0.15, 0.2) is 12.4 Å². The number of carboxylic acids is 1. The van der Waals surface area contributed by atoms with Gasteiger partial charge >= 0.3 is 5.97 Å². The molecule has 0 fully saturated rings.